The van der Waals surface area contributed by atoms with Gasteiger partial charge in [0.2, 0.25) is 11.1 Å². The van der Waals surface area contributed by atoms with Crippen molar-refractivity contribution < 1.29 is 14.3 Å². The topological polar surface area (TPSA) is 82.4 Å². The molecule has 1 spiro atoms. The second-order valence-electron chi connectivity index (χ2n) is 8.20. The van der Waals surface area contributed by atoms with Gasteiger partial charge in [-0.15, -0.1) is 5.10 Å². The molecule has 1 saturated heterocycles. The lowest BCUT2D eigenvalue weighted by Gasteiger charge is -2.46. The summed E-state index contributed by atoms with van der Waals surface area (Å²) in [6, 6.07) is 9.85. The lowest BCUT2D eigenvalue weighted by molar-refractivity contribution is -0.324. The van der Waals surface area contributed by atoms with E-state index in [2.05, 4.69) is 15.5 Å². The average molecular weight is 432 g/mol. The Morgan fingerprint density at radius 2 is 1.90 bits per heavy atom. The molecule has 2 fully saturated rings. The van der Waals surface area contributed by atoms with Crippen molar-refractivity contribution in [1.82, 2.24) is 25.1 Å². The van der Waals surface area contributed by atoms with Gasteiger partial charge in [0.1, 0.15) is 0 Å². The second-order valence-corrected chi connectivity index (χ2v) is 9.19. The van der Waals surface area contributed by atoms with Gasteiger partial charge in [0, 0.05) is 39.1 Å². The summed E-state index contributed by atoms with van der Waals surface area (Å²) < 4.78 is 14.6. The molecule has 2 unspecified atom stereocenters. The number of benzene rings is 1. The van der Waals surface area contributed by atoms with Crippen molar-refractivity contribution in [2.24, 2.45) is 0 Å². The first kappa shape index (κ1) is 21.3. The van der Waals surface area contributed by atoms with Gasteiger partial charge in [0.25, 0.3) is 0 Å². The monoisotopic (exact) mass is 431 g/mol. The van der Waals surface area contributed by atoms with Crippen LogP contribution in [0.3, 0.4) is 0 Å². The van der Waals surface area contributed by atoms with Crippen LogP contribution in [0, 0.1) is 0 Å². The van der Waals surface area contributed by atoms with E-state index in [0.29, 0.717) is 18.6 Å². The van der Waals surface area contributed by atoms with Crippen molar-refractivity contribution in [1.29, 1.82) is 0 Å². The fraction of sp³-hybridized carbons (Fsp3) is 0.619. The first-order valence-corrected chi connectivity index (χ1v) is 11.6. The highest BCUT2D eigenvalue weighted by molar-refractivity contribution is 7.99. The third kappa shape index (κ3) is 5.01. The lowest BCUT2D eigenvalue weighted by Crippen LogP contribution is -2.51. The molecule has 1 aliphatic heterocycles. The Bertz CT molecular complexity index is 838. The Morgan fingerprint density at radius 1 is 1.17 bits per heavy atom. The summed E-state index contributed by atoms with van der Waals surface area (Å²) in [5.41, 5.74) is 0.927. The highest BCUT2D eigenvalue weighted by atomic mass is 32.2. The molecule has 4 rings (SSSR count). The van der Waals surface area contributed by atoms with E-state index in [9.17, 15) is 4.79 Å². The summed E-state index contributed by atoms with van der Waals surface area (Å²) in [5.74, 6) is 0.252. The van der Waals surface area contributed by atoms with Crippen molar-refractivity contribution in [2.45, 2.75) is 68.1 Å². The summed E-state index contributed by atoms with van der Waals surface area (Å²) in [4.78, 5) is 13.9. The van der Waals surface area contributed by atoms with Gasteiger partial charge in [-0.25, -0.2) is 0 Å². The van der Waals surface area contributed by atoms with Crippen molar-refractivity contribution in [3.8, 4) is 5.69 Å². The number of tetrazole rings is 1. The molecule has 2 aliphatic rings. The number of rotatable bonds is 6. The molecule has 1 aromatic carbocycles. The predicted octanol–water partition coefficient (Wildman–Crippen LogP) is 3.07. The SMILES string of the molecule is CN(C)C(=O)CC1CC(CSc2nnnn2-c2ccccc2)OC2(CCCCC2)O1. The van der Waals surface area contributed by atoms with Crippen LogP contribution in [0.15, 0.2) is 35.5 Å². The molecule has 8 nitrogen and oxygen atoms in total. The molecule has 2 aromatic rings. The summed E-state index contributed by atoms with van der Waals surface area (Å²) in [7, 11) is 3.57. The number of amides is 1. The number of para-hydroxylation sites is 1. The maximum absolute atomic E-state index is 12.3. The van der Waals surface area contributed by atoms with Gasteiger partial charge in [-0.05, 0) is 35.4 Å². The fourth-order valence-electron chi connectivity index (χ4n) is 4.12. The van der Waals surface area contributed by atoms with Crippen molar-refractivity contribution in [3.05, 3.63) is 30.3 Å². The molecule has 0 bridgehead atoms. The van der Waals surface area contributed by atoms with E-state index in [0.717, 1.165) is 36.5 Å². The number of hydrogen-bond donors (Lipinski definition) is 0. The smallest absolute Gasteiger partial charge is 0.224 e. The van der Waals surface area contributed by atoms with Crippen molar-refractivity contribution >= 4 is 17.7 Å². The van der Waals surface area contributed by atoms with Crippen LogP contribution in [0.25, 0.3) is 5.69 Å². The first-order valence-electron chi connectivity index (χ1n) is 10.6. The lowest BCUT2D eigenvalue weighted by atomic mass is 9.91. The molecule has 2 atom stereocenters. The molecule has 30 heavy (non-hydrogen) atoms. The minimum Gasteiger partial charge on any atom is -0.349 e. The number of carbonyl (C=O) groups excluding carboxylic acids is 1. The molecule has 1 aromatic heterocycles. The zero-order valence-corrected chi connectivity index (χ0v) is 18.4. The van der Waals surface area contributed by atoms with Gasteiger partial charge in [0.05, 0.1) is 24.3 Å². The van der Waals surface area contributed by atoms with Gasteiger partial charge in [-0.3, -0.25) is 4.79 Å². The number of carbonyl (C=O) groups is 1. The van der Waals surface area contributed by atoms with Crippen LogP contribution < -0.4 is 0 Å². The Balaban J connectivity index is 1.45. The van der Waals surface area contributed by atoms with Crippen LogP contribution in [-0.4, -0.2) is 68.9 Å². The van der Waals surface area contributed by atoms with E-state index in [-0.39, 0.29) is 18.1 Å². The third-order valence-corrected chi connectivity index (χ3v) is 6.70. The average Bonchev–Trinajstić information content (AvgIpc) is 3.22. The maximum atomic E-state index is 12.3. The van der Waals surface area contributed by atoms with Crippen LogP contribution in [-0.2, 0) is 14.3 Å². The molecular formula is C21H29N5O3S. The summed E-state index contributed by atoms with van der Waals surface area (Å²) in [5, 5.41) is 12.9. The number of aromatic nitrogens is 4. The van der Waals surface area contributed by atoms with Crippen LogP contribution in [0.2, 0.25) is 0 Å². The number of thioether (sulfide) groups is 1. The zero-order chi connectivity index (χ0) is 21.0. The largest absolute Gasteiger partial charge is 0.349 e. The molecule has 0 radical (unpaired) electrons. The second kappa shape index (κ2) is 9.45. The quantitative estimate of drug-likeness (QED) is 0.650. The summed E-state index contributed by atoms with van der Waals surface area (Å²) in [6.07, 6.45) is 6.14. The molecular weight excluding hydrogens is 402 g/mol. The minimum atomic E-state index is -0.551. The van der Waals surface area contributed by atoms with E-state index in [1.165, 1.54) is 6.42 Å². The highest BCUT2D eigenvalue weighted by Gasteiger charge is 2.44. The van der Waals surface area contributed by atoms with Gasteiger partial charge in [-0.1, -0.05) is 36.4 Å². The van der Waals surface area contributed by atoms with Crippen molar-refractivity contribution in [2.75, 3.05) is 19.8 Å². The highest BCUT2D eigenvalue weighted by Crippen LogP contribution is 2.41. The molecule has 1 saturated carbocycles. The first-order chi connectivity index (χ1) is 14.5. The Hall–Kier alpha value is -1.97. The van der Waals surface area contributed by atoms with E-state index in [1.807, 2.05) is 30.3 Å². The Labute approximate surface area is 181 Å². The van der Waals surface area contributed by atoms with Crippen LogP contribution in [0.1, 0.15) is 44.9 Å². The predicted molar refractivity (Wildman–Crippen MR) is 113 cm³/mol. The summed E-state index contributed by atoms with van der Waals surface area (Å²) >= 11 is 1.58. The van der Waals surface area contributed by atoms with Crippen LogP contribution in [0.4, 0.5) is 0 Å². The molecule has 162 valence electrons. The van der Waals surface area contributed by atoms with Crippen LogP contribution in [0.5, 0.6) is 0 Å². The molecule has 1 aliphatic carbocycles. The van der Waals surface area contributed by atoms with E-state index in [1.54, 1.807) is 35.4 Å². The van der Waals surface area contributed by atoms with Gasteiger partial charge in [0.15, 0.2) is 5.79 Å². The normalized spacial score (nSPS) is 23.4. The third-order valence-electron chi connectivity index (χ3n) is 5.65. The van der Waals surface area contributed by atoms with Crippen LogP contribution >= 0.6 is 11.8 Å². The Morgan fingerprint density at radius 3 is 2.63 bits per heavy atom. The minimum absolute atomic E-state index is 0.0114. The zero-order valence-electron chi connectivity index (χ0n) is 17.6. The Kier molecular flexibility index (Phi) is 6.70. The molecule has 9 heteroatoms. The summed E-state index contributed by atoms with van der Waals surface area (Å²) in [6.45, 7) is 0. The van der Waals surface area contributed by atoms with Gasteiger partial charge in [-0.2, -0.15) is 4.68 Å². The molecule has 1 amide bonds. The molecule has 0 N–H and O–H groups in total. The number of hydrogen-bond acceptors (Lipinski definition) is 7. The fourth-order valence-corrected chi connectivity index (χ4v) is 5.02. The van der Waals surface area contributed by atoms with E-state index < -0.39 is 5.79 Å². The van der Waals surface area contributed by atoms with E-state index in [4.69, 9.17) is 9.47 Å². The van der Waals surface area contributed by atoms with Gasteiger partial charge < -0.3 is 14.4 Å². The van der Waals surface area contributed by atoms with Gasteiger partial charge >= 0.3 is 0 Å². The molecule has 2 heterocycles. The van der Waals surface area contributed by atoms with E-state index >= 15 is 0 Å². The standard InChI is InChI=1S/C21H29N5O3S/c1-25(2)19(27)14-17-13-18(29-21(28-17)11-7-4-8-12-21)15-30-20-22-23-24-26(20)16-9-5-3-6-10-16/h3,5-6,9-10,17-18H,4,7-8,11-15H2,1-2H3. The number of nitrogens with zero attached hydrogens (tertiary/aromatic N) is 5. The maximum Gasteiger partial charge on any atom is 0.224 e. The van der Waals surface area contributed by atoms with Crippen molar-refractivity contribution in [3.63, 3.8) is 0 Å². The number of ether oxygens (including phenoxy) is 2.